The molecule has 3 N–H and O–H groups in total. The fourth-order valence-electron chi connectivity index (χ4n) is 1.66. The van der Waals surface area contributed by atoms with E-state index in [0.717, 1.165) is 0 Å². The summed E-state index contributed by atoms with van der Waals surface area (Å²) in [5, 5.41) is 4.76. The Morgan fingerprint density at radius 3 is 1.17 bits per heavy atom. The van der Waals surface area contributed by atoms with Crippen LogP contribution in [0, 0.1) is 0 Å². The van der Waals surface area contributed by atoms with E-state index in [9.17, 15) is 0 Å². The summed E-state index contributed by atoms with van der Waals surface area (Å²) in [5.41, 5.74) is 0. The fourth-order valence-corrected chi connectivity index (χ4v) is 4.97. The highest BCUT2D eigenvalue weighted by Crippen LogP contribution is 2.11. The molecule has 0 aromatic heterocycles. The summed E-state index contributed by atoms with van der Waals surface area (Å²) in [6.07, 6.45) is 4.28. The molecule has 0 fully saturated rings. The smallest absolute Gasteiger partial charge is 0.261 e. The lowest BCUT2D eigenvalue weighted by atomic mass is 10.5. The van der Waals surface area contributed by atoms with E-state index in [-0.39, 0.29) is 32.7 Å². The largest absolute Gasteiger partial charge is 0.344 e. The summed E-state index contributed by atoms with van der Waals surface area (Å²) in [5.74, 6) is 0. The molecule has 0 aliphatic carbocycles. The second-order valence-electron chi connectivity index (χ2n) is 3.23. The second kappa shape index (κ2) is 14.3. The predicted molar refractivity (Wildman–Crippen MR) is 63.3 cm³/mol. The highest BCUT2D eigenvalue weighted by molar-refractivity contribution is 6.58. The molecular weight excluding hydrogens is 185 g/mol. The quantitative estimate of drug-likeness (QED) is 0.651. The van der Waals surface area contributed by atoms with E-state index in [1.807, 2.05) is 0 Å². The maximum Gasteiger partial charge on any atom is 0.261 e. The van der Waals surface area contributed by atoms with Crippen molar-refractivity contribution in [3.05, 3.63) is 0 Å². The molecule has 0 amide bonds. The van der Waals surface area contributed by atoms with Crippen LogP contribution in [0.5, 0.6) is 0 Å². The zero-order valence-electron chi connectivity index (χ0n) is 8.94. The summed E-state index contributed by atoms with van der Waals surface area (Å²) >= 11 is -0.234. The highest BCUT2D eigenvalue weighted by atomic mass is 35.5. The molecule has 12 heavy (non-hydrogen) atoms. The number of halogens is 1. The Kier molecular flexibility index (Phi) is 22.1. The molecule has 0 unspecified atom stereocenters. The third-order valence-corrected chi connectivity index (χ3v) is 6.27. The molecule has 0 spiro atoms. The van der Waals surface area contributed by atoms with Gasteiger partial charge in [0.05, 0.1) is 0 Å². The Morgan fingerprint density at radius 1 is 0.750 bits per heavy atom. The van der Waals surface area contributed by atoms with Gasteiger partial charge in [0.25, 0.3) is 14.1 Å². The van der Waals surface area contributed by atoms with Crippen LogP contribution >= 0.6 is 12.4 Å². The van der Waals surface area contributed by atoms with Gasteiger partial charge in [0, 0.05) is 0 Å². The molecule has 0 rings (SSSR count). The van der Waals surface area contributed by atoms with Crippen LogP contribution in [0.15, 0.2) is 0 Å². The van der Waals surface area contributed by atoms with Gasteiger partial charge >= 0.3 is 0 Å². The summed E-state index contributed by atoms with van der Waals surface area (Å²) < 4.78 is 0. The Balaban J connectivity index is -0.000000405. The SMILES string of the molecule is CC[CH2][Al]([CH2]CC)[CH2]CC.Cl.N. The van der Waals surface area contributed by atoms with E-state index in [4.69, 9.17) is 0 Å². The zero-order chi connectivity index (χ0) is 7.82. The highest BCUT2D eigenvalue weighted by Gasteiger charge is 2.11. The number of hydrogen-bond acceptors (Lipinski definition) is 1. The van der Waals surface area contributed by atoms with Crippen molar-refractivity contribution < 1.29 is 0 Å². The van der Waals surface area contributed by atoms with Crippen molar-refractivity contribution >= 4 is 26.6 Å². The van der Waals surface area contributed by atoms with E-state index < -0.39 is 0 Å². The fraction of sp³-hybridized carbons (Fsp3) is 1.00. The van der Waals surface area contributed by atoms with E-state index in [1.54, 1.807) is 15.8 Å². The zero-order valence-corrected chi connectivity index (χ0v) is 10.9. The van der Waals surface area contributed by atoms with Crippen molar-refractivity contribution in [2.45, 2.75) is 55.9 Å². The van der Waals surface area contributed by atoms with Gasteiger partial charge in [0.1, 0.15) is 0 Å². The normalized spacial score (nSPS) is 8.25. The minimum absolute atomic E-state index is 0. The van der Waals surface area contributed by atoms with Crippen LogP contribution in [0.3, 0.4) is 0 Å². The van der Waals surface area contributed by atoms with Crippen molar-refractivity contribution in [3.63, 3.8) is 0 Å². The average Bonchev–Trinajstić information content (AvgIpc) is 1.90. The Labute approximate surface area is 88.7 Å². The topological polar surface area (TPSA) is 35.0 Å². The molecule has 0 bridgehead atoms. The minimum Gasteiger partial charge on any atom is -0.344 e. The van der Waals surface area contributed by atoms with Gasteiger partial charge in [-0.3, -0.25) is 0 Å². The van der Waals surface area contributed by atoms with E-state index >= 15 is 0 Å². The molecule has 0 heterocycles. The van der Waals surface area contributed by atoms with Gasteiger partial charge in [-0.25, -0.2) is 0 Å². The molecular formula is C9H25AlClN. The summed E-state index contributed by atoms with van der Waals surface area (Å²) in [6, 6.07) is 0. The maximum atomic E-state index is 2.32. The first-order chi connectivity index (χ1) is 4.85. The first-order valence-corrected chi connectivity index (χ1v) is 7.30. The monoisotopic (exact) mass is 209 g/mol. The van der Waals surface area contributed by atoms with Crippen molar-refractivity contribution in [1.82, 2.24) is 6.15 Å². The van der Waals surface area contributed by atoms with Crippen LogP contribution in [0.1, 0.15) is 40.0 Å². The Hall–Kier alpha value is 0.782. The first kappa shape index (κ1) is 18.5. The van der Waals surface area contributed by atoms with Gasteiger partial charge < -0.3 is 6.15 Å². The molecule has 0 aliphatic heterocycles. The molecule has 0 atom stereocenters. The molecule has 0 aliphatic rings. The van der Waals surface area contributed by atoms with Crippen LogP contribution in [-0.4, -0.2) is 14.1 Å². The average molecular weight is 210 g/mol. The van der Waals surface area contributed by atoms with Crippen LogP contribution in [0.25, 0.3) is 0 Å². The predicted octanol–water partition coefficient (Wildman–Crippen LogP) is 4.30. The maximum absolute atomic E-state index is 2.32. The summed E-state index contributed by atoms with van der Waals surface area (Å²) in [4.78, 5) is 0. The molecule has 1 nitrogen and oxygen atoms in total. The molecule has 0 saturated carbocycles. The Morgan fingerprint density at radius 2 is 1.00 bits per heavy atom. The second-order valence-corrected chi connectivity index (χ2v) is 6.70. The summed E-state index contributed by atoms with van der Waals surface area (Å²) in [6.45, 7) is 6.97. The van der Waals surface area contributed by atoms with Crippen molar-refractivity contribution in [2.24, 2.45) is 0 Å². The van der Waals surface area contributed by atoms with Crippen molar-refractivity contribution in [2.75, 3.05) is 0 Å². The minimum atomic E-state index is -0.234. The standard InChI is InChI=1S/3C3H7.Al.ClH.H3N/c3*1-3-2;;;/h3*1,3H2,2H3;;1H;1H3. The van der Waals surface area contributed by atoms with Crippen LogP contribution < -0.4 is 6.15 Å². The van der Waals surface area contributed by atoms with Gasteiger partial charge in [0.2, 0.25) is 0 Å². The third kappa shape index (κ3) is 10.8. The van der Waals surface area contributed by atoms with Gasteiger partial charge in [-0.05, 0) is 0 Å². The molecule has 0 saturated heterocycles. The molecule has 76 valence electrons. The van der Waals surface area contributed by atoms with E-state index in [0.29, 0.717) is 0 Å². The van der Waals surface area contributed by atoms with Gasteiger partial charge in [-0.2, -0.15) is 0 Å². The lowest BCUT2D eigenvalue weighted by Gasteiger charge is -2.06. The van der Waals surface area contributed by atoms with E-state index in [2.05, 4.69) is 20.8 Å². The molecule has 0 aromatic carbocycles. The number of rotatable bonds is 6. The van der Waals surface area contributed by atoms with Crippen molar-refractivity contribution in [1.29, 1.82) is 0 Å². The van der Waals surface area contributed by atoms with Crippen LogP contribution in [0.2, 0.25) is 15.8 Å². The van der Waals surface area contributed by atoms with Gasteiger partial charge in [-0.1, -0.05) is 55.9 Å². The molecule has 0 radical (unpaired) electrons. The summed E-state index contributed by atoms with van der Waals surface area (Å²) in [7, 11) is 0. The molecule has 3 heteroatoms. The lowest BCUT2D eigenvalue weighted by molar-refractivity contribution is 0.957. The third-order valence-electron chi connectivity index (χ3n) is 2.09. The first-order valence-electron chi connectivity index (χ1n) is 4.85. The Bertz CT molecular complexity index is 57.3. The van der Waals surface area contributed by atoms with E-state index in [1.165, 1.54) is 19.3 Å². The number of hydrogen-bond donors (Lipinski definition) is 1. The van der Waals surface area contributed by atoms with Gasteiger partial charge in [0.15, 0.2) is 0 Å². The molecule has 0 aromatic rings. The van der Waals surface area contributed by atoms with Crippen LogP contribution in [-0.2, 0) is 0 Å². The van der Waals surface area contributed by atoms with Crippen LogP contribution in [0.4, 0.5) is 0 Å². The lowest BCUT2D eigenvalue weighted by Crippen LogP contribution is -2.09. The van der Waals surface area contributed by atoms with Crippen molar-refractivity contribution in [3.8, 4) is 0 Å². The van der Waals surface area contributed by atoms with Gasteiger partial charge in [-0.15, -0.1) is 12.4 Å².